The van der Waals surface area contributed by atoms with E-state index in [2.05, 4.69) is 26.0 Å². The lowest BCUT2D eigenvalue weighted by atomic mass is 10.2. The molecule has 2 aromatic rings. The molecule has 1 aromatic carbocycles. The number of nitrogens with zero attached hydrogens (tertiary/aromatic N) is 2. The van der Waals surface area contributed by atoms with Crippen LogP contribution in [0.5, 0.6) is 0 Å². The standard InChI is InChI=1S/C14H14FN5O2S/c15-10-5-3-9(4-6-10)13(22)19-17-11(21)7-23-14-16-12(18-20-14)8-1-2-8/h3-6,8H,1-2,7H2,(H,17,21)(H,19,22)(H,16,18,20). The summed E-state index contributed by atoms with van der Waals surface area (Å²) >= 11 is 1.18. The van der Waals surface area contributed by atoms with Crippen LogP contribution < -0.4 is 10.9 Å². The van der Waals surface area contributed by atoms with Gasteiger partial charge in [0.05, 0.1) is 5.75 Å². The summed E-state index contributed by atoms with van der Waals surface area (Å²) in [6, 6.07) is 5.01. The van der Waals surface area contributed by atoms with Crippen molar-refractivity contribution in [2.75, 3.05) is 5.75 Å². The number of carbonyl (C=O) groups excluding carboxylic acids is 2. The Labute approximate surface area is 135 Å². The van der Waals surface area contributed by atoms with Crippen LogP contribution in [-0.4, -0.2) is 32.7 Å². The van der Waals surface area contributed by atoms with Gasteiger partial charge in [0.2, 0.25) is 11.1 Å². The zero-order valence-corrected chi connectivity index (χ0v) is 12.8. The van der Waals surface area contributed by atoms with E-state index in [4.69, 9.17) is 0 Å². The average Bonchev–Trinajstić information content (AvgIpc) is 3.30. The van der Waals surface area contributed by atoms with Crippen LogP contribution in [-0.2, 0) is 4.79 Å². The van der Waals surface area contributed by atoms with Crippen molar-refractivity contribution in [1.82, 2.24) is 26.0 Å². The largest absolute Gasteiger partial charge is 0.272 e. The molecular formula is C14H14FN5O2S. The summed E-state index contributed by atoms with van der Waals surface area (Å²) in [7, 11) is 0. The predicted molar refractivity (Wildman–Crippen MR) is 81.1 cm³/mol. The van der Waals surface area contributed by atoms with Crippen molar-refractivity contribution in [3.05, 3.63) is 41.5 Å². The number of H-pyrrole nitrogens is 1. The molecule has 3 rings (SSSR count). The Bertz CT molecular complexity index is 714. The SMILES string of the molecule is O=C(CSc1n[nH]c(C2CC2)n1)NNC(=O)c1ccc(F)cc1. The van der Waals surface area contributed by atoms with Crippen molar-refractivity contribution in [3.63, 3.8) is 0 Å². The normalized spacial score (nSPS) is 13.6. The van der Waals surface area contributed by atoms with Gasteiger partial charge in [0.15, 0.2) is 0 Å². The van der Waals surface area contributed by atoms with Gasteiger partial charge in [0.25, 0.3) is 5.91 Å². The van der Waals surface area contributed by atoms with Gasteiger partial charge in [-0.25, -0.2) is 9.37 Å². The van der Waals surface area contributed by atoms with Crippen molar-refractivity contribution in [2.45, 2.75) is 23.9 Å². The number of benzene rings is 1. The molecule has 1 aliphatic rings. The Balaban J connectivity index is 1.41. The highest BCUT2D eigenvalue weighted by molar-refractivity contribution is 7.99. The van der Waals surface area contributed by atoms with Crippen LogP contribution in [0, 0.1) is 5.82 Å². The Morgan fingerprint density at radius 2 is 2.00 bits per heavy atom. The summed E-state index contributed by atoms with van der Waals surface area (Å²) in [4.78, 5) is 27.7. The number of nitrogens with one attached hydrogen (secondary N) is 3. The van der Waals surface area contributed by atoms with E-state index in [1.165, 1.54) is 36.0 Å². The van der Waals surface area contributed by atoms with Crippen LogP contribution in [0.4, 0.5) is 4.39 Å². The maximum absolute atomic E-state index is 12.8. The molecule has 9 heteroatoms. The quantitative estimate of drug-likeness (QED) is 0.566. The average molecular weight is 335 g/mol. The maximum Gasteiger partial charge on any atom is 0.269 e. The van der Waals surface area contributed by atoms with Crippen LogP contribution >= 0.6 is 11.8 Å². The molecule has 0 atom stereocenters. The topological polar surface area (TPSA) is 99.8 Å². The maximum atomic E-state index is 12.8. The smallest absolute Gasteiger partial charge is 0.269 e. The third kappa shape index (κ3) is 4.28. The molecule has 23 heavy (non-hydrogen) atoms. The van der Waals surface area contributed by atoms with Gasteiger partial charge < -0.3 is 0 Å². The van der Waals surface area contributed by atoms with Gasteiger partial charge in [-0.3, -0.25) is 25.5 Å². The number of amides is 2. The number of carbonyl (C=O) groups is 2. The number of hydrogen-bond donors (Lipinski definition) is 3. The molecule has 3 N–H and O–H groups in total. The molecule has 1 aromatic heterocycles. The minimum absolute atomic E-state index is 0.0751. The van der Waals surface area contributed by atoms with Crippen molar-refractivity contribution in [3.8, 4) is 0 Å². The third-order valence-corrected chi connectivity index (χ3v) is 4.05. The Morgan fingerprint density at radius 1 is 1.26 bits per heavy atom. The molecule has 0 radical (unpaired) electrons. The van der Waals surface area contributed by atoms with Crippen molar-refractivity contribution in [2.24, 2.45) is 0 Å². The van der Waals surface area contributed by atoms with Crippen LogP contribution in [0.1, 0.15) is 34.9 Å². The predicted octanol–water partition coefficient (Wildman–Crippen LogP) is 1.37. The van der Waals surface area contributed by atoms with E-state index in [9.17, 15) is 14.0 Å². The number of hydrogen-bond acceptors (Lipinski definition) is 5. The molecule has 0 spiro atoms. The van der Waals surface area contributed by atoms with E-state index >= 15 is 0 Å². The summed E-state index contributed by atoms with van der Waals surface area (Å²) in [6.07, 6.45) is 2.24. The number of aromatic amines is 1. The van der Waals surface area contributed by atoms with Gasteiger partial charge in [-0.05, 0) is 37.1 Å². The first kappa shape index (κ1) is 15.5. The molecule has 7 nitrogen and oxygen atoms in total. The lowest BCUT2D eigenvalue weighted by Gasteiger charge is -2.06. The van der Waals surface area contributed by atoms with Gasteiger partial charge >= 0.3 is 0 Å². The Hall–Kier alpha value is -2.42. The number of thioether (sulfide) groups is 1. The molecule has 120 valence electrons. The molecule has 1 saturated carbocycles. The van der Waals surface area contributed by atoms with E-state index in [0.717, 1.165) is 18.7 Å². The minimum Gasteiger partial charge on any atom is -0.272 e. The zero-order valence-electron chi connectivity index (χ0n) is 12.0. The molecule has 1 fully saturated rings. The van der Waals surface area contributed by atoms with Crippen molar-refractivity contribution < 1.29 is 14.0 Å². The highest BCUT2D eigenvalue weighted by Gasteiger charge is 2.27. The number of rotatable bonds is 5. The molecule has 1 aliphatic carbocycles. The van der Waals surface area contributed by atoms with Crippen molar-refractivity contribution in [1.29, 1.82) is 0 Å². The summed E-state index contributed by atoms with van der Waals surface area (Å²) < 4.78 is 12.8. The van der Waals surface area contributed by atoms with E-state index in [0.29, 0.717) is 11.1 Å². The lowest BCUT2D eigenvalue weighted by Crippen LogP contribution is -2.42. The van der Waals surface area contributed by atoms with E-state index in [1.807, 2.05) is 0 Å². The van der Waals surface area contributed by atoms with E-state index in [1.54, 1.807) is 0 Å². The second kappa shape index (κ2) is 6.78. The van der Waals surface area contributed by atoms with Gasteiger partial charge in [0, 0.05) is 11.5 Å². The van der Waals surface area contributed by atoms with Gasteiger partial charge in [-0.1, -0.05) is 11.8 Å². The summed E-state index contributed by atoms with van der Waals surface area (Å²) in [5.74, 6) is 0.0730. The monoisotopic (exact) mass is 335 g/mol. The van der Waals surface area contributed by atoms with Crippen LogP contribution in [0.3, 0.4) is 0 Å². The second-order valence-corrected chi connectivity index (χ2v) is 6.02. The summed E-state index contributed by atoms with van der Waals surface area (Å²) in [5, 5.41) is 7.38. The fourth-order valence-corrected chi connectivity index (χ4v) is 2.43. The molecule has 2 amide bonds. The van der Waals surface area contributed by atoms with E-state index in [-0.39, 0.29) is 17.2 Å². The number of aromatic nitrogens is 3. The molecule has 0 aliphatic heterocycles. The van der Waals surface area contributed by atoms with Crippen molar-refractivity contribution >= 4 is 23.6 Å². The summed E-state index contributed by atoms with van der Waals surface area (Å²) in [6.45, 7) is 0. The van der Waals surface area contributed by atoms with Crippen LogP contribution in [0.15, 0.2) is 29.4 Å². The van der Waals surface area contributed by atoms with E-state index < -0.39 is 11.7 Å². The Morgan fingerprint density at radius 3 is 2.70 bits per heavy atom. The fourth-order valence-electron chi connectivity index (χ4n) is 1.83. The molecule has 1 heterocycles. The molecule has 0 saturated heterocycles. The zero-order chi connectivity index (χ0) is 16.2. The summed E-state index contributed by atoms with van der Waals surface area (Å²) in [5.41, 5.74) is 4.81. The Kier molecular flexibility index (Phi) is 4.56. The molecular weight excluding hydrogens is 321 g/mol. The molecule has 0 bridgehead atoms. The van der Waals surface area contributed by atoms with Crippen LogP contribution in [0.2, 0.25) is 0 Å². The van der Waals surface area contributed by atoms with Gasteiger partial charge in [-0.2, -0.15) is 0 Å². The highest BCUT2D eigenvalue weighted by atomic mass is 32.2. The molecule has 0 unspecified atom stereocenters. The fraction of sp³-hybridized carbons (Fsp3) is 0.286. The highest BCUT2D eigenvalue weighted by Crippen LogP contribution is 2.38. The number of hydrazine groups is 1. The van der Waals surface area contributed by atoms with Gasteiger partial charge in [-0.15, -0.1) is 5.10 Å². The van der Waals surface area contributed by atoms with Crippen LogP contribution in [0.25, 0.3) is 0 Å². The number of halogens is 1. The first-order chi connectivity index (χ1) is 11.1. The second-order valence-electron chi connectivity index (χ2n) is 5.08. The third-order valence-electron chi connectivity index (χ3n) is 3.20. The first-order valence-electron chi connectivity index (χ1n) is 7.01. The lowest BCUT2D eigenvalue weighted by molar-refractivity contribution is -0.119. The van der Waals surface area contributed by atoms with Gasteiger partial charge in [0.1, 0.15) is 11.6 Å². The minimum atomic E-state index is -0.516. The first-order valence-corrected chi connectivity index (χ1v) is 8.00.